The van der Waals surface area contributed by atoms with Crippen molar-refractivity contribution in [3.8, 4) is 0 Å². The first-order valence-corrected chi connectivity index (χ1v) is 4.93. The Bertz CT molecular complexity index is 270. The van der Waals surface area contributed by atoms with Gasteiger partial charge in [0.15, 0.2) is 0 Å². The lowest BCUT2D eigenvalue weighted by Gasteiger charge is -2.16. The lowest BCUT2D eigenvalue weighted by Crippen LogP contribution is -2.23. The normalized spacial score (nSPS) is 13.2. The first kappa shape index (κ1) is 11.0. The Morgan fingerprint density at radius 3 is 2.79 bits per heavy atom. The summed E-state index contributed by atoms with van der Waals surface area (Å²) in [6, 6.07) is 0.703. The van der Waals surface area contributed by atoms with Crippen molar-refractivity contribution < 1.29 is 4.74 Å². The topological polar surface area (TPSA) is 39.1 Å². The van der Waals surface area contributed by atoms with Crippen molar-refractivity contribution in [2.24, 2.45) is 0 Å². The lowest BCUT2D eigenvalue weighted by atomic mass is 10.3. The van der Waals surface area contributed by atoms with Crippen LogP contribution in [0.15, 0.2) is 12.4 Å². The van der Waals surface area contributed by atoms with Gasteiger partial charge in [0.25, 0.3) is 0 Å². The highest BCUT2D eigenvalue weighted by atomic mass is 16.5. The number of hydrogen-bond donors (Lipinski definition) is 1. The van der Waals surface area contributed by atoms with Gasteiger partial charge in [-0.15, -0.1) is 0 Å². The number of nitrogens with zero attached hydrogens (tertiary/aromatic N) is 2. The molecule has 1 N–H and O–H groups in total. The second-order valence-corrected chi connectivity index (χ2v) is 3.75. The van der Waals surface area contributed by atoms with Crippen molar-refractivity contribution in [2.45, 2.75) is 32.9 Å². The van der Waals surface area contributed by atoms with Crippen molar-refractivity contribution in [1.82, 2.24) is 9.55 Å². The summed E-state index contributed by atoms with van der Waals surface area (Å²) in [6.45, 7) is 7.02. The number of ether oxygens (including phenoxy) is 1. The van der Waals surface area contributed by atoms with E-state index < -0.39 is 0 Å². The minimum atomic E-state index is 0.278. The molecule has 0 saturated carbocycles. The van der Waals surface area contributed by atoms with Crippen LogP contribution in [0.5, 0.6) is 0 Å². The molecule has 0 amide bonds. The van der Waals surface area contributed by atoms with Crippen LogP contribution in [0.3, 0.4) is 0 Å². The molecule has 4 nitrogen and oxygen atoms in total. The molecule has 0 spiro atoms. The minimum absolute atomic E-state index is 0.278. The molecule has 0 saturated heterocycles. The third-order valence-corrected chi connectivity index (χ3v) is 2.02. The van der Waals surface area contributed by atoms with Crippen LogP contribution in [0.4, 0.5) is 5.95 Å². The van der Waals surface area contributed by atoms with E-state index in [1.165, 1.54) is 0 Å². The molecule has 0 bridgehead atoms. The third kappa shape index (κ3) is 2.73. The van der Waals surface area contributed by atoms with Crippen LogP contribution >= 0.6 is 0 Å². The first-order valence-electron chi connectivity index (χ1n) is 4.93. The molecule has 0 aromatic carbocycles. The molecular formula is C10H19N3O. The number of nitrogens with one attached hydrogen (secondary N) is 1. The maximum atomic E-state index is 5.05. The van der Waals surface area contributed by atoms with Crippen LogP contribution in [0.1, 0.15) is 26.8 Å². The average molecular weight is 197 g/mol. The van der Waals surface area contributed by atoms with E-state index in [4.69, 9.17) is 4.74 Å². The van der Waals surface area contributed by atoms with Crippen molar-refractivity contribution >= 4 is 5.95 Å². The van der Waals surface area contributed by atoms with Crippen LogP contribution < -0.4 is 5.32 Å². The summed E-state index contributed by atoms with van der Waals surface area (Å²) in [7, 11) is 1.70. The van der Waals surface area contributed by atoms with E-state index in [1.54, 1.807) is 7.11 Å². The quantitative estimate of drug-likeness (QED) is 0.783. The highest BCUT2D eigenvalue weighted by Crippen LogP contribution is 2.13. The molecular weight excluding hydrogens is 178 g/mol. The number of anilines is 1. The summed E-state index contributed by atoms with van der Waals surface area (Å²) in [5.41, 5.74) is 0. The van der Waals surface area contributed by atoms with E-state index in [0.717, 1.165) is 5.95 Å². The molecule has 1 aromatic rings. The number of rotatable bonds is 5. The summed E-state index contributed by atoms with van der Waals surface area (Å²) in [4.78, 5) is 4.26. The van der Waals surface area contributed by atoms with Crippen molar-refractivity contribution in [2.75, 3.05) is 19.0 Å². The SMILES string of the molecule is COCC(C)Nc1nccn1C(C)C. The molecule has 0 aliphatic rings. The molecule has 0 aliphatic carbocycles. The standard InChI is InChI=1S/C10H19N3O/c1-8(2)13-6-5-11-10(13)12-9(3)7-14-4/h5-6,8-9H,7H2,1-4H3,(H,11,12). The van der Waals surface area contributed by atoms with Crippen LogP contribution in [0.2, 0.25) is 0 Å². The summed E-state index contributed by atoms with van der Waals surface area (Å²) in [5, 5.41) is 3.30. The molecule has 80 valence electrons. The molecule has 0 fully saturated rings. The number of hydrogen-bond acceptors (Lipinski definition) is 3. The van der Waals surface area contributed by atoms with Gasteiger partial charge in [-0.2, -0.15) is 0 Å². The van der Waals surface area contributed by atoms with Crippen molar-refractivity contribution in [1.29, 1.82) is 0 Å². The van der Waals surface area contributed by atoms with Gasteiger partial charge in [-0.1, -0.05) is 0 Å². The van der Waals surface area contributed by atoms with Crippen LogP contribution in [-0.2, 0) is 4.74 Å². The minimum Gasteiger partial charge on any atom is -0.383 e. The number of aromatic nitrogens is 2. The van der Waals surface area contributed by atoms with Gasteiger partial charge in [0.1, 0.15) is 0 Å². The zero-order valence-corrected chi connectivity index (χ0v) is 9.32. The van der Waals surface area contributed by atoms with Crippen LogP contribution in [0, 0.1) is 0 Å². The Morgan fingerprint density at radius 2 is 2.21 bits per heavy atom. The lowest BCUT2D eigenvalue weighted by molar-refractivity contribution is 0.190. The average Bonchev–Trinajstić information content (AvgIpc) is 2.52. The molecule has 0 aliphatic heterocycles. The number of imidazole rings is 1. The fourth-order valence-electron chi connectivity index (χ4n) is 1.35. The maximum Gasteiger partial charge on any atom is 0.203 e. The molecule has 14 heavy (non-hydrogen) atoms. The Hall–Kier alpha value is -1.03. The monoisotopic (exact) mass is 197 g/mol. The van der Waals surface area contributed by atoms with Crippen molar-refractivity contribution in [3.05, 3.63) is 12.4 Å². The summed E-state index contributed by atoms with van der Waals surface area (Å²) in [6.07, 6.45) is 3.79. The summed E-state index contributed by atoms with van der Waals surface area (Å²) < 4.78 is 7.16. The molecule has 1 aromatic heterocycles. The van der Waals surface area contributed by atoms with E-state index in [0.29, 0.717) is 12.6 Å². The van der Waals surface area contributed by atoms with E-state index >= 15 is 0 Å². The van der Waals surface area contributed by atoms with Gasteiger partial charge in [-0.05, 0) is 20.8 Å². The molecule has 1 atom stereocenters. The van der Waals surface area contributed by atoms with Gasteiger partial charge < -0.3 is 14.6 Å². The molecule has 1 rings (SSSR count). The predicted octanol–water partition coefficient (Wildman–Crippen LogP) is 1.91. The van der Waals surface area contributed by atoms with Crippen LogP contribution in [0.25, 0.3) is 0 Å². The summed E-state index contributed by atoms with van der Waals surface area (Å²) in [5.74, 6) is 0.907. The largest absolute Gasteiger partial charge is 0.383 e. The Kier molecular flexibility index (Phi) is 3.95. The van der Waals surface area contributed by atoms with E-state index in [2.05, 4.69) is 35.6 Å². The van der Waals surface area contributed by atoms with Crippen LogP contribution in [-0.4, -0.2) is 29.3 Å². The van der Waals surface area contributed by atoms with E-state index in [-0.39, 0.29) is 6.04 Å². The van der Waals surface area contributed by atoms with Gasteiger partial charge in [-0.25, -0.2) is 4.98 Å². The molecule has 4 heteroatoms. The van der Waals surface area contributed by atoms with Gasteiger partial charge >= 0.3 is 0 Å². The second kappa shape index (κ2) is 5.00. The molecule has 0 radical (unpaired) electrons. The number of methoxy groups -OCH3 is 1. The van der Waals surface area contributed by atoms with Gasteiger partial charge in [-0.3, -0.25) is 0 Å². The highest BCUT2D eigenvalue weighted by Gasteiger charge is 2.08. The molecule has 1 unspecified atom stereocenters. The fraction of sp³-hybridized carbons (Fsp3) is 0.700. The Morgan fingerprint density at radius 1 is 1.50 bits per heavy atom. The zero-order chi connectivity index (χ0) is 10.6. The van der Waals surface area contributed by atoms with Gasteiger partial charge in [0, 0.05) is 31.6 Å². The predicted molar refractivity (Wildman–Crippen MR) is 57.6 cm³/mol. The van der Waals surface area contributed by atoms with E-state index in [1.807, 2.05) is 12.4 Å². The zero-order valence-electron chi connectivity index (χ0n) is 9.32. The van der Waals surface area contributed by atoms with Gasteiger partial charge in [0.05, 0.1) is 6.61 Å². The second-order valence-electron chi connectivity index (χ2n) is 3.75. The maximum absolute atomic E-state index is 5.05. The summed E-state index contributed by atoms with van der Waals surface area (Å²) >= 11 is 0. The van der Waals surface area contributed by atoms with Gasteiger partial charge in [0.2, 0.25) is 5.95 Å². The smallest absolute Gasteiger partial charge is 0.203 e. The first-order chi connectivity index (χ1) is 6.65. The third-order valence-electron chi connectivity index (χ3n) is 2.02. The van der Waals surface area contributed by atoms with Crippen molar-refractivity contribution in [3.63, 3.8) is 0 Å². The fourth-order valence-corrected chi connectivity index (χ4v) is 1.35. The molecule has 1 heterocycles. The Labute approximate surface area is 85.3 Å². The van der Waals surface area contributed by atoms with E-state index in [9.17, 15) is 0 Å². The highest BCUT2D eigenvalue weighted by molar-refractivity contribution is 5.27. The Balaban J connectivity index is 2.61.